The van der Waals surface area contributed by atoms with Crippen LogP contribution in [0.15, 0.2) is 48.6 Å². The molecule has 1 heterocycles. The number of allylic oxidation sites excluding steroid dienone is 2. The molecular formula is C22H28F2O2. The first-order valence-corrected chi connectivity index (χ1v) is 9.62. The highest BCUT2D eigenvalue weighted by Gasteiger charge is 2.24. The molecule has 0 unspecified atom stereocenters. The van der Waals surface area contributed by atoms with E-state index in [9.17, 15) is 8.78 Å². The number of benzene rings is 1. The van der Waals surface area contributed by atoms with Crippen LogP contribution in [0.1, 0.15) is 62.0 Å². The highest BCUT2D eigenvalue weighted by atomic mass is 19.3. The molecule has 1 saturated carbocycles. The molecule has 0 spiro atoms. The van der Waals surface area contributed by atoms with Gasteiger partial charge >= 0.3 is 0 Å². The molecule has 142 valence electrons. The van der Waals surface area contributed by atoms with Gasteiger partial charge < -0.3 is 9.47 Å². The lowest BCUT2D eigenvalue weighted by atomic mass is 9.77. The minimum atomic E-state index is -1.55. The van der Waals surface area contributed by atoms with Gasteiger partial charge in [-0.15, -0.1) is 0 Å². The molecular weight excluding hydrogens is 334 g/mol. The zero-order chi connectivity index (χ0) is 18.4. The quantitative estimate of drug-likeness (QED) is 0.584. The van der Waals surface area contributed by atoms with E-state index in [2.05, 4.69) is 24.3 Å². The van der Waals surface area contributed by atoms with Gasteiger partial charge in [-0.1, -0.05) is 30.3 Å². The average molecular weight is 362 g/mol. The third kappa shape index (κ3) is 5.24. The monoisotopic (exact) mass is 362 g/mol. The van der Waals surface area contributed by atoms with E-state index in [1.54, 1.807) is 0 Å². The first kappa shape index (κ1) is 19.2. The van der Waals surface area contributed by atoms with Crippen LogP contribution in [-0.4, -0.2) is 19.5 Å². The Kier molecular flexibility index (Phi) is 6.98. The molecule has 26 heavy (non-hydrogen) atoms. The van der Waals surface area contributed by atoms with Crippen molar-refractivity contribution in [2.24, 2.45) is 5.92 Å². The average Bonchev–Trinajstić information content (AvgIpc) is 2.68. The number of ether oxygens (including phenoxy) is 2. The summed E-state index contributed by atoms with van der Waals surface area (Å²) >= 11 is 0. The number of rotatable bonds is 5. The van der Waals surface area contributed by atoms with Gasteiger partial charge in [0.1, 0.15) is 0 Å². The molecule has 1 aromatic carbocycles. The summed E-state index contributed by atoms with van der Waals surface area (Å²) in [5.41, 5.74) is 2.62. The minimum Gasteiger partial charge on any atom is -0.348 e. The van der Waals surface area contributed by atoms with Gasteiger partial charge in [0.15, 0.2) is 6.29 Å². The molecule has 0 atom stereocenters. The minimum absolute atomic E-state index is 0.216. The van der Waals surface area contributed by atoms with E-state index in [4.69, 9.17) is 9.47 Å². The van der Waals surface area contributed by atoms with Crippen molar-refractivity contribution < 1.29 is 18.3 Å². The van der Waals surface area contributed by atoms with E-state index in [0.29, 0.717) is 31.5 Å². The molecule has 0 amide bonds. The molecule has 3 rings (SSSR count). The Balaban J connectivity index is 1.50. The van der Waals surface area contributed by atoms with E-state index in [1.165, 1.54) is 11.1 Å². The highest BCUT2D eigenvalue weighted by Crippen LogP contribution is 2.38. The summed E-state index contributed by atoms with van der Waals surface area (Å²) in [5, 5.41) is 0. The van der Waals surface area contributed by atoms with Crippen LogP contribution in [-0.2, 0) is 9.47 Å². The first-order chi connectivity index (χ1) is 12.7. The van der Waals surface area contributed by atoms with Crippen molar-refractivity contribution in [1.29, 1.82) is 0 Å². The van der Waals surface area contributed by atoms with Crippen LogP contribution in [0.5, 0.6) is 0 Å². The van der Waals surface area contributed by atoms with E-state index in [0.717, 1.165) is 31.8 Å². The molecule has 1 saturated heterocycles. The smallest absolute Gasteiger partial charge is 0.266 e. The van der Waals surface area contributed by atoms with Crippen LogP contribution in [0.25, 0.3) is 0 Å². The first-order valence-electron chi connectivity index (χ1n) is 9.62. The van der Waals surface area contributed by atoms with Crippen molar-refractivity contribution in [3.8, 4) is 0 Å². The fourth-order valence-electron chi connectivity index (χ4n) is 4.01. The summed E-state index contributed by atoms with van der Waals surface area (Å²) in [7, 11) is 0. The SMILES string of the molecule is CC=CC1OCC(c2ccc(C3CCC(CC=C(F)F)CC3)cc2)CO1. The summed E-state index contributed by atoms with van der Waals surface area (Å²) in [6.45, 7) is 3.32. The Bertz CT molecular complexity index is 604. The zero-order valence-electron chi connectivity index (χ0n) is 15.4. The molecule has 0 radical (unpaired) electrons. The van der Waals surface area contributed by atoms with Crippen LogP contribution >= 0.6 is 0 Å². The van der Waals surface area contributed by atoms with Crippen LogP contribution in [0.2, 0.25) is 0 Å². The zero-order valence-corrected chi connectivity index (χ0v) is 15.4. The van der Waals surface area contributed by atoms with Crippen molar-refractivity contribution in [3.05, 3.63) is 59.7 Å². The fourth-order valence-corrected chi connectivity index (χ4v) is 4.01. The lowest BCUT2D eigenvalue weighted by Gasteiger charge is -2.29. The van der Waals surface area contributed by atoms with Crippen molar-refractivity contribution in [3.63, 3.8) is 0 Å². The van der Waals surface area contributed by atoms with Crippen molar-refractivity contribution in [2.75, 3.05) is 13.2 Å². The van der Waals surface area contributed by atoms with Gasteiger partial charge in [-0.3, -0.25) is 0 Å². The lowest BCUT2D eigenvalue weighted by Crippen LogP contribution is -2.29. The Labute approximate surface area is 154 Å². The van der Waals surface area contributed by atoms with Crippen molar-refractivity contribution >= 4 is 0 Å². The summed E-state index contributed by atoms with van der Waals surface area (Å²) < 4.78 is 35.9. The maximum Gasteiger partial charge on any atom is 0.266 e. The molecule has 2 aliphatic rings. The third-order valence-corrected chi connectivity index (χ3v) is 5.60. The highest BCUT2D eigenvalue weighted by molar-refractivity contribution is 5.28. The maximum absolute atomic E-state index is 12.2. The van der Waals surface area contributed by atoms with Crippen LogP contribution in [0, 0.1) is 5.92 Å². The molecule has 2 nitrogen and oxygen atoms in total. The standard InChI is InChI=1S/C22H28F2O2/c1-2-3-22-25-14-20(15-26-22)19-11-9-18(10-12-19)17-7-4-16(5-8-17)6-13-21(23)24/h2-3,9-13,16-17,20,22H,4-8,14-15H2,1H3. The molecule has 4 heteroatoms. The number of hydrogen-bond acceptors (Lipinski definition) is 2. The fraction of sp³-hybridized carbons (Fsp3) is 0.545. The normalized spacial score (nSPS) is 29.7. The van der Waals surface area contributed by atoms with Crippen LogP contribution < -0.4 is 0 Å². The molecule has 0 bridgehead atoms. The summed E-state index contributed by atoms with van der Waals surface area (Å²) in [4.78, 5) is 0. The van der Waals surface area contributed by atoms with Crippen molar-refractivity contribution in [2.45, 2.75) is 57.2 Å². The summed E-state index contributed by atoms with van der Waals surface area (Å²) in [5.74, 6) is 1.25. The third-order valence-electron chi connectivity index (χ3n) is 5.60. The second-order valence-electron chi connectivity index (χ2n) is 7.37. The Morgan fingerprint density at radius 3 is 2.08 bits per heavy atom. The van der Waals surface area contributed by atoms with Gasteiger partial charge in [0.05, 0.1) is 13.2 Å². The molecule has 1 aliphatic heterocycles. The van der Waals surface area contributed by atoms with E-state index >= 15 is 0 Å². The molecule has 0 N–H and O–H groups in total. The largest absolute Gasteiger partial charge is 0.348 e. The number of hydrogen-bond donors (Lipinski definition) is 0. The Hall–Kier alpha value is -1.52. The van der Waals surface area contributed by atoms with Gasteiger partial charge in [-0.05, 0) is 74.1 Å². The van der Waals surface area contributed by atoms with Gasteiger partial charge in [-0.25, -0.2) is 0 Å². The molecule has 0 aromatic heterocycles. The summed E-state index contributed by atoms with van der Waals surface area (Å²) in [6.07, 6.45) is 7.95. The second kappa shape index (κ2) is 9.43. The van der Waals surface area contributed by atoms with E-state index < -0.39 is 6.08 Å². The van der Waals surface area contributed by atoms with E-state index in [-0.39, 0.29) is 12.2 Å². The van der Waals surface area contributed by atoms with Crippen LogP contribution in [0.4, 0.5) is 8.78 Å². The van der Waals surface area contributed by atoms with E-state index in [1.807, 2.05) is 19.1 Å². The van der Waals surface area contributed by atoms with Gasteiger partial charge in [-0.2, -0.15) is 8.78 Å². The molecule has 2 fully saturated rings. The Morgan fingerprint density at radius 1 is 0.962 bits per heavy atom. The predicted molar refractivity (Wildman–Crippen MR) is 99.3 cm³/mol. The predicted octanol–water partition coefficient (Wildman–Crippen LogP) is 6.16. The second-order valence-corrected chi connectivity index (χ2v) is 7.37. The summed E-state index contributed by atoms with van der Waals surface area (Å²) in [6, 6.07) is 8.82. The lowest BCUT2D eigenvalue weighted by molar-refractivity contribution is -0.159. The van der Waals surface area contributed by atoms with Gasteiger partial charge in [0.2, 0.25) is 0 Å². The molecule has 1 aromatic rings. The van der Waals surface area contributed by atoms with Crippen molar-refractivity contribution in [1.82, 2.24) is 0 Å². The van der Waals surface area contributed by atoms with Gasteiger partial charge in [0, 0.05) is 5.92 Å². The van der Waals surface area contributed by atoms with Gasteiger partial charge in [0.25, 0.3) is 6.08 Å². The maximum atomic E-state index is 12.2. The van der Waals surface area contributed by atoms with Crippen LogP contribution in [0.3, 0.4) is 0 Å². The molecule has 1 aliphatic carbocycles. The topological polar surface area (TPSA) is 18.5 Å². The number of halogens is 2. The Morgan fingerprint density at radius 2 is 1.54 bits per heavy atom.